The van der Waals surface area contributed by atoms with Crippen molar-refractivity contribution >= 4 is 14.3 Å². The van der Waals surface area contributed by atoms with Gasteiger partial charge in [0.15, 0.2) is 8.32 Å². The van der Waals surface area contributed by atoms with Crippen LogP contribution in [0.25, 0.3) is 0 Å². The van der Waals surface area contributed by atoms with Crippen LogP contribution in [0, 0.1) is 0 Å². The molecule has 24 heavy (non-hydrogen) atoms. The Balaban J connectivity index is 3.19. The number of unbranched alkanes of at least 4 members (excludes halogenated alkanes) is 5. The van der Waals surface area contributed by atoms with Crippen molar-refractivity contribution in [2.75, 3.05) is 39.6 Å². The Morgan fingerprint density at radius 3 is 1.92 bits per heavy atom. The Morgan fingerprint density at radius 1 is 0.750 bits per heavy atom. The monoisotopic (exact) mass is 362 g/mol. The number of carbonyl (C=O) groups is 1. The SMILES string of the molecule is CCCCCCCCC(=O)OCCOCCOCCO[Si](C)(C)C. The third-order valence-electron chi connectivity index (χ3n) is 3.36. The molecule has 0 unspecified atom stereocenters. The third-order valence-corrected chi connectivity index (χ3v) is 4.43. The average molecular weight is 363 g/mol. The zero-order valence-electron chi connectivity index (χ0n) is 16.2. The molecular formula is C18H38O5Si. The highest BCUT2D eigenvalue weighted by atomic mass is 28.4. The first kappa shape index (κ1) is 23.6. The van der Waals surface area contributed by atoms with Crippen molar-refractivity contribution in [3.63, 3.8) is 0 Å². The summed E-state index contributed by atoms with van der Waals surface area (Å²) in [6, 6.07) is 0. The van der Waals surface area contributed by atoms with Crippen LogP contribution < -0.4 is 0 Å². The molecule has 144 valence electrons. The topological polar surface area (TPSA) is 54.0 Å². The average Bonchev–Trinajstić information content (AvgIpc) is 2.51. The van der Waals surface area contributed by atoms with Crippen LogP contribution in [0.5, 0.6) is 0 Å². The van der Waals surface area contributed by atoms with Gasteiger partial charge in [-0.25, -0.2) is 0 Å². The van der Waals surface area contributed by atoms with Gasteiger partial charge in [-0.05, 0) is 26.1 Å². The molecule has 0 aromatic carbocycles. The molecule has 0 aliphatic carbocycles. The van der Waals surface area contributed by atoms with E-state index in [0.717, 1.165) is 12.8 Å². The first-order valence-electron chi connectivity index (χ1n) is 9.41. The van der Waals surface area contributed by atoms with E-state index in [9.17, 15) is 4.79 Å². The number of ether oxygens (including phenoxy) is 3. The molecule has 0 aliphatic rings. The van der Waals surface area contributed by atoms with Gasteiger partial charge in [-0.15, -0.1) is 0 Å². The standard InChI is InChI=1S/C18H38O5Si/c1-5-6-7-8-9-10-11-18(19)22-16-14-20-12-13-21-15-17-23-24(2,3)4/h5-17H2,1-4H3. The fraction of sp³-hybridized carbons (Fsp3) is 0.944. The second kappa shape index (κ2) is 16.1. The van der Waals surface area contributed by atoms with Crippen molar-refractivity contribution in [1.29, 1.82) is 0 Å². The van der Waals surface area contributed by atoms with Crippen LogP contribution in [-0.4, -0.2) is 53.9 Å². The molecule has 0 heterocycles. The molecule has 0 atom stereocenters. The largest absolute Gasteiger partial charge is 0.463 e. The van der Waals surface area contributed by atoms with Crippen molar-refractivity contribution < 1.29 is 23.4 Å². The Morgan fingerprint density at radius 2 is 1.29 bits per heavy atom. The summed E-state index contributed by atoms with van der Waals surface area (Å²) in [5, 5.41) is 0. The van der Waals surface area contributed by atoms with Gasteiger partial charge >= 0.3 is 5.97 Å². The highest BCUT2D eigenvalue weighted by Gasteiger charge is 2.13. The zero-order chi connectivity index (χ0) is 18.1. The smallest absolute Gasteiger partial charge is 0.305 e. The van der Waals surface area contributed by atoms with Gasteiger partial charge in [-0.3, -0.25) is 4.79 Å². The maximum absolute atomic E-state index is 11.5. The molecule has 0 aliphatic heterocycles. The van der Waals surface area contributed by atoms with Crippen LogP contribution in [-0.2, 0) is 23.4 Å². The van der Waals surface area contributed by atoms with Gasteiger partial charge in [0, 0.05) is 6.42 Å². The Bertz CT molecular complexity index is 292. The first-order valence-corrected chi connectivity index (χ1v) is 12.8. The van der Waals surface area contributed by atoms with Gasteiger partial charge in [0.05, 0.1) is 33.0 Å². The highest BCUT2D eigenvalue weighted by molar-refractivity contribution is 6.69. The second-order valence-corrected chi connectivity index (χ2v) is 11.4. The summed E-state index contributed by atoms with van der Waals surface area (Å²) in [4.78, 5) is 11.5. The lowest BCUT2D eigenvalue weighted by Gasteiger charge is -2.16. The van der Waals surface area contributed by atoms with E-state index in [2.05, 4.69) is 26.6 Å². The summed E-state index contributed by atoms with van der Waals surface area (Å²) in [6.45, 7) is 11.7. The van der Waals surface area contributed by atoms with E-state index >= 15 is 0 Å². The Labute approximate surface area is 149 Å². The maximum Gasteiger partial charge on any atom is 0.305 e. The van der Waals surface area contributed by atoms with E-state index in [1.54, 1.807) is 0 Å². The number of esters is 1. The van der Waals surface area contributed by atoms with Crippen molar-refractivity contribution in [3.8, 4) is 0 Å². The quantitative estimate of drug-likeness (QED) is 0.221. The predicted molar refractivity (Wildman–Crippen MR) is 99.9 cm³/mol. The molecule has 0 spiro atoms. The molecule has 0 bridgehead atoms. The van der Waals surface area contributed by atoms with Gasteiger partial charge in [-0.2, -0.15) is 0 Å². The Kier molecular flexibility index (Phi) is 15.8. The van der Waals surface area contributed by atoms with E-state index < -0.39 is 8.32 Å². The summed E-state index contributed by atoms with van der Waals surface area (Å²) in [5.74, 6) is -0.117. The van der Waals surface area contributed by atoms with Crippen molar-refractivity contribution in [1.82, 2.24) is 0 Å². The highest BCUT2D eigenvalue weighted by Crippen LogP contribution is 2.07. The minimum Gasteiger partial charge on any atom is -0.463 e. The molecular weight excluding hydrogens is 324 g/mol. The van der Waals surface area contributed by atoms with Crippen LogP contribution in [0.2, 0.25) is 19.6 Å². The van der Waals surface area contributed by atoms with Gasteiger partial charge in [0.1, 0.15) is 6.61 Å². The molecule has 5 nitrogen and oxygen atoms in total. The summed E-state index contributed by atoms with van der Waals surface area (Å²) in [7, 11) is -1.43. The summed E-state index contributed by atoms with van der Waals surface area (Å²) in [5.41, 5.74) is 0. The molecule has 6 heteroatoms. The van der Waals surface area contributed by atoms with Crippen molar-refractivity contribution in [2.45, 2.75) is 71.5 Å². The van der Waals surface area contributed by atoms with Crippen LogP contribution in [0.1, 0.15) is 51.9 Å². The fourth-order valence-corrected chi connectivity index (χ4v) is 2.76. The van der Waals surface area contributed by atoms with E-state index in [0.29, 0.717) is 46.1 Å². The van der Waals surface area contributed by atoms with Gasteiger partial charge < -0.3 is 18.6 Å². The van der Waals surface area contributed by atoms with Crippen molar-refractivity contribution in [2.24, 2.45) is 0 Å². The molecule has 0 N–H and O–H groups in total. The lowest BCUT2D eigenvalue weighted by Crippen LogP contribution is -2.27. The molecule has 0 aromatic heterocycles. The molecule has 0 fully saturated rings. The summed E-state index contributed by atoms with van der Waals surface area (Å²) >= 11 is 0. The van der Waals surface area contributed by atoms with Gasteiger partial charge in [0.2, 0.25) is 0 Å². The van der Waals surface area contributed by atoms with Crippen molar-refractivity contribution in [3.05, 3.63) is 0 Å². The predicted octanol–water partition coefficient (Wildman–Crippen LogP) is 4.16. The molecule has 0 aromatic rings. The lowest BCUT2D eigenvalue weighted by atomic mass is 10.1. The molecule has 0 rings (SSSR count). The maximum atomic E-state index is 11.5. The third kappa shape index (κ3) is 19.6. The summed E-state index contributed by atoms with van der Waals surface area (Å²) in [6.07, 6.45) is 7.59. The van der Waals surface area contributed by atoms with E-state index in [1.165, 1.54) is 25.7 Å². The van der Waals surface area contributed by atoms with Crippen LogP contribution in [0.15, 0.2) is 0 Å². The second-order valence-electron chi connectivity index (χ2n) is 6.92. The molecule has 0 saturated carbocycles. The van der Waals surface area contributed by atoms with Crippen LogP contribution in [0.3, 0.4) is 0 Å². The number of carbonyl (C=O) groups excluding carboxylic acids is 1. The fourth-order valence-electron chi connectivity index (χ4n) is 2.07. The number of hydrogen-bond acceptors (Lipinski definition) is 5. The lowest BCUT2D eigenvalue weighted by molar-refractivity contribution is -0.145. The first-order chi connectivity index (χ1) is 11.5. The zero-order valence-corrected chi connectivity index (χ0v) is 17.2. The van der Waals surface area contributed by atoms with E-state index in [1.807, 2.05) is 0 Å². The Hall–Kier alpha value is -0.433. The number of rotatable bonds is 17. The number of hydrogen-bond donors (Lipinski definition) is 0. The normalized spacial score (nSPS) is 11.7. The summed E-state index contributed by atoms with van der Waals surface area (Å²) < 4.78 is 21.6. The molecule has 0 amide bonds. The van der Waals surface area contributed by atoms with Crippen LogP contribution >= 0.6 is 0 Å². The van der Waals surface area contributed by atoms with E-state index in [4.69, 9.17) is 18.6 Å². The van der Waals surface area contributed by atoms with E-state index in [-0.39, 0.29) is 5.97 Å². The molecule has 0 saturated heterocycles. The molecule has 0 radical (unpaired) electrons. The van der Waals surface area contributed by atoms with Gasteiger partial charge in [0.25, 0.3) is 0 Å². The van der Waals surface area contributed by atoms with Crippen LogP contribution in [0.4, 0.5) is 0 Å². The minimum atomic E-state index is -1.43. The minimum absolute atomic E-state index is 0.117. The van der Waals surface area contributed by atoms with Gasteiger partial charge in [-0.1, -0.05) is 39.0 Å².